The standard InChI is InChI=1S/C10H13N5O2/c1-13(2)12-7-14-10-5-9(15(16)17)4-3-8(10)6-11-14/h3-6,12H,7H2,1-2H3. The van der Waals surface area contributed by atoms with Crippen LogP contribution in [0.1, 0.15) is 0 Å². The van der Waals surface area contributed by atoms with Crippen molar-refractivity contribution in [2.45, 2.75) is 6.67 Å². The third kappa shape index (κ3) is 2.40. The van der Waals surface area contributed by atoms with Gasteiger partial charge in [-0.3, -0.25) is 10.1 Å². The Hall–Kier alpha value is -1.99. The van der Waals surface area contributed by atoms with Crippen LogP contribution in [0, 0.1) is 10.1 Å². The van der Waals surface area contributed by atoms with Crippen molar-refractivity contribution in [1.82, 2.24) is 20.2 Å². The molecule has 0 aliphatic carbocycles. The summed E-state index contributed by atoms with van der Waals surface area (Å²) < 4.78 is 1.68. The van der Waals surface area contributed by atoms with Gasteiger partial charge in [-0.25, -0.2) is 15.1 Å². The van der Waals surface area contributed by atoms with E-state index >= 15 is 0 Å². The molecular weight excluding hydrogens is 222 g/mol. The lowest BCUT2D eigenvalue weighted by atomic mass is 10.2. The fraction of sp³-hybridized carbons (Fsp3) is 0.300. The monoisotopic (exact) mass is 235 g/mol. The lowest BCUT2D eigenvalue weighted by Gasteiger charge is -2.12. The first-order valence-corrected chi connectivity index (χ1v) is 5.09. The molecule has 7 nitrogen and oxygen atoms in total. The first-order chi connectivity index (χ1) is 8.08. The number of nitrogens with one attached hydrogen (secondary N) is 1. The molecule has 1 aromatic heterocycles. The Morgan fingerprint density at radius 2 is 2.29 bits per heavy atom. The van der Waals surface area contributed by atoms with E-state index in [2.05, 4.69) is 10.5 Å². The topological polar surface area (TPSA) is 76.2 Å². The zero-order valence-corrected chi connectivity index (χ0v) is 9.62. The van der Waals surface area contributed by atoms with Gasteiger partial charge in [0.05, 0.1) is 16.6 Å². The van der Waals surface area contributed by atoms with Gasteiger partial charge in [-0.2, -0.15) is 5.10 Å². The number of fused-ring (bicyclic) bond motifs is 1. The fourth-order valence-electron chi connectivity index (χ4n) is 1.51. The van der Waals surface area contributed by atoms with Crippen LogP contribution >= 0.6 is 0 Å². The van der Waals surface area contributed by atoms with Crippen LogP contribution in [0.15, 0.2) is 24.4 Å². The van der Waals surface area contributed by atoms with Gasteiger partial charge in [0, 0.05) is 31.6 Å². The third-order valence-corrected chi connectivity index (χ3v) is 2.38. The summed E-state index contributed by atoms with van der Waals surface area (Å²) in [6.45, 7) is 0.470. The van der Waals surface area contributed by atoms with Crippen molar-refractivity contribution < 1.29 is 4.92 Å². The molecule has 1 heterocycles. The Bertz CT molecular complexity index is 549. The number of hydrazine groups is 1. The Morgan fingerprint density at radius 1 is 1.53 bits per heavy atom. The molecule has 17 heavy (non-hydrogen) atoms. The number of nitro benzene ring substituents is 1. The van der Waals surface area contributed by atoms with E-state index in [-0.39, 0.29) is 5.69 Å². The Balaban J connectivity index is 2.36. The summed E-state index contributed by atoms with van der Waals surface area (Å²) in [7, 11) is 3.74. The molecule has 0 aliphatic heterocycles. The third-order valence-electron chi connectivity index (χ3n) is 2.38. The second-order valence-electron chi connectivity index (χ2n) is 3.85. The molecule has 0 fully saturated rings. The number of nitro groups is 1. The van der Waals surface area contributed by atoms with Crippen LogP contribution < -0.4 is 5.43 Å². The van der Waals surface area contributed by atoms with Gasteiger partial charge in [0.15, 0.2) is 0 Å². The molecule has 0 radical (unpaired) electrons. The van der Waals surface area contributed by atoms with Gasteiger partial charge >= 0.3 is 0 Å². The maximum atomic E-state index is 10.7. The number of non-ortho nitro benzene ring substituents is 1. The van der Waals surface area contributed by atoms with Crippen LogP contribution in [0.2, 0.25) is 0 Å². The van der Waals surface area contributed by atoms with Crippen LogP contribution in [-0.4, -0.2) is 33.8 Å². The zero-order chi connectivity index (χ0) is 12.4. The average Bonchev–Trinajstić information content (AvgIpc) is 2.68. The van der Waals surface area contributed by atoms with E-state index in [1.54, 1.807) is 22.0 Å². The molecule has 0 aliphatic rings. The molecule has 0 amide bonds. The highest BCUT2D eigenvalue weighted by atomic mass is 16.6. The molecule has 0 atom stereocenters. The Labute approximate surface area is 97.7 Å². The summed E-state index contributed by atoms with van der Waals surface area (Å²) in [5.74, 6) is 0. The molecule has 0 saturated heterocycles. The van der Waals surface area contributed by atoms with Crippen LogP contribution in [0.5, 0.6) is 0 Å². The van der Waals surface area contributed by atoms with Gasteiger partial charge in [-0.1, -0.05) is 0 Å². The summed E-state index contributed by atoms with van der Waals surface area (Å²) in [5.41, 5.74) is 3.87. The van der Waals surface area contributed by atoms with Crippen molar-refractivity contribution in [2.75, 3.05) is 14.1 Å². The van der Waals surface area contributed by atoms with E-state index < -0.39 is 4.92 Å². The highest BCUT2D eigenvalue weighted by molar-refractivity contribution is 5.80. The van der Waals surface area contributed by atoms with E-state index in [9.17, 15) is 10.1 Å². The Kier molecular flexibility index (Phi) is 3.03. The van der Waals surface area contributed by atoms with E-state index in [1.165, 1.54) is 12.1 Å². The highest BCUT2D eigenvalue weighted by Crippen LogP contribution is 2.20. The number of hydrogen-bond donors (Lipinski definition) is 1. The number of hydrogen-bond acceptors (Lipinski definition) is 5. The highest BCUT2D eigenvalue weighted by Gasteiger charge is 2.09. The normalized spacial score (nSPS) is 11.2. The summed E-state index contributed by atoms with van der Waals surface area (Å²) >= 11 is 0. The smallest absolute Gasteiger partial charge is 0.258 e. The van der Waals surface area contributed by atoms with Crippen molar-refractivity contribution in [1.29, 1.82) is 0 Å². The minimum absolute atomic E-state index is 0.0732. The lowest BCUT2D eigenvalue weighted by molar-refractivity contribution is -0.384. The predicted octanol–water partition coefficient (Wildman–Crippen LogP) is 0.968. The number of nitrogens with zero attached hydrogens (tertiary/aromatic N) is 4. The van der Waals surface area contributed by atoms with Gasteiger partial charge in [0.2, 0.25) is 0 Å². The quantitative estimate of drug-likeness (QED) is 0.631. The van der Waals surface area contributed by atoms with E-state index in [1.807, 2.05) is 14.1 Å². The molecule has 1 N–H and O–H groups in total. The van der Waals surface area contributed by atoms with E-state index in [4.69, 9.17) is 0 Å². The molecular formula is C10H13N5O2. The van der Waals surface area contributed by atoms with Crippen LogP contribution in [0.25, 0.3) is 10.9 Å². The average molecular weight is 235 g/mol. The minimum atomic E-state index is -0.407. The van der Waals surface area contributed by atoms with Gasteiger partial charge in [0.1, 0.15) is 6.67 Å². The number of rotatable bonds is 4. The van der Waals surface area contributed by atoms with Crippen molar-refractivity contribution in [3.8, 4) is 0 Å². The molecule has 0 spiro atoms. The van der Waals surface area contributed by atoms with Crippen molar-refractivity contribution in [3.63, 3.8) is 0 Å². The van der Waals surface area contributed by atoms with Crippen molar-refractivity contribution in [3.05, 3.63) is 34.5 Å². The van der Waals surface area contributed by atoms with Gasteiger partial charge < -0.3 is 0 Å². The van der Waals surface area contributed by atoms with Gasteiger partial charge in [-0.05, 0) is 6.07 Å². The van der Waals surface area contributed by atoms with E-state index in [0.717, 1.165) is 10.9 Å². The molecule has 1 aromatic carbocycles. The van der Waals surface area contributed by atoms with Crippen molar-refractivity contribution >= 4 is 16.6 Å². The van der Waals surface area contributed by atoms with Gasteiger partial charge in [0.25, 0.3) is 5.69 Å². The molecule has 0 saturated carbocycles. The van der Waals surface area contributed by atoms with Crippen LogP contribution in [0.4, 0.5) is 5.69 Å². The van der Waals surface area contributed by atoms with Crippen LogP contribution in [-0.2, 0) is 6.67 Å². The lowest BCUT2D eigenvalue weighted by Crippen LogP contribution is -2.32. The SMILES string of the molecule is CN(C)NCn1ncc2ccc([N+](=O)[O-])cc21. The molecule has 2 rings (SSSR count). The maximum Gasteiger partial charge on any atom is 0.271 e. The summed E-state index contributed by atoms with van der Waals surface area (Å²) in [4.78, 5) is 10.3. The summed E-state index contributed by atoms with van der Waals surface area (Å²) in [5, 5.41) is 17.6. The molecule has 7 heteroatoms. The fourth-order valence-corrected chi connectivity index (χ4v) is 1.51. The zero-order valence-electron chi connectivity index (χ0n) is 9.62. The predicted molar refractivity (Wildman–Crippen MR) is 63.2 cm³/mol. The first-order valence-electron chi connectivity index (χ1n) is 5.09. The second kappa shape index (κ2) is 4.48. The number of benzene rings is 1. The van der Waals surface area contributed by atoms with Crippen molar-refractivity contribution in [2.24, 2.45) is 0 Å². The molecule has 90 valence electrons. The Morgan fingerprint density at radius 3 is 2.94 bits per heavy atom. The minimum Gasteiger partial charge on any atom is -0.258 e. The molecule has 2 aromatic rings. The first kappa shape index (κ1) is 11.5. The summed E-state index contributed by atoms with van der Waals surface area (Å²) in [6.07, 6.45) is 1.69. The maximum absolute atomic E-state index is 10.7. The second-order valence-corrected chi connectivity index (χ2v) is 3.85. The van der Waals surface area contributed by atoms with Gasteiger partial charge in [-0.15, -0.1) is 0 Å². The van der Waals surface area contributed by atoms with Crippen LogP contribution in [0.3, 0.4) is 0 Å². The molecule has 0 bridgehead atoms. The summed E-state index contributed by atoms with van der Waals surface area (Å²) in [6, 6.07) is 4.71. The largest absolute Gasteiger partial charge is 0.271 e. The van der Waals surface area contributed by atoms with E-state index in [0.29, 0.717) is 6.67 Å². The number of aromatic nitrogens is 2. The molecule has 0 unspecified atom stereocenters.